The molecule has 2 amide bonds. The highest BCUT2D eigenvalue weighted by Gasteiger charge is 2.35. The van der Waals surface area contributed by atoms with Crippen LogP contribution in [0, 0.1) is 11.3 Å². The maximum absolute atomic E-state index is 13.4. The summed E-state index contributed by atoms with van der Waals surface area (Å²) in [5.41, 5.74) is 8.04. The van der Waals surface area contributed by atoms with Crippen LogP contribution in [-0.4, -0.2) is 34.2 Å². The van der Waals surface area contributed by atoms with Crippen molar-refractivity contribution in [1.82, 2.24) is 20.4 Å². The van der Waals surface area contributed by atoms with Crippen molar-refractivity contribution >= 4 is 40.0 Å². The van der Waals surface area contributed by atoms with E-state index in [1.807, 2.05) is 51.1 Å². The highest BCUT2D eigenvalue weighted by Crippen LogP contribution is 2.28. The summed E-state index contributed by atoms with van der Waals surface area (Å²) >= 11 is 6.24. The summed E-state index contributed by atoms with van der Waals surface area (Å²) in [5, 5.41) is 11.7. The van der Waals surface area contributed by atoms with Gasteiger partial charge < -0.3 is 16.4 Å². The highest BCUT2D eigenvalue weighted by atomic mass is 35.5. The lowest BCUT2D eigenvalue weighted by Gasteiger charge is -2.30. The monoisotopic (exact) mass is 467 g/mol. The molecule has 0 saturated heterocycles. The smallest absolute Gasteiger partial charge is 0.273 e. The molecule has 1 aliphatic carbocycles. The van der Waals surface area contributed by atoms with Gasteiger partial charge in [-0.05, 0) is 60.1 Å². The predicted octanol–water partition coefficient (Wildman–Crippen LogP) is 3.99. The van der Waals surface area contributed by atoms with Gasteiger partial charge in [0.1, 0.15) is 6.04 Å². The van der Waals surface area contributed by atoms with Crippen LogP contribution in [0.4, 0.5) is 5.69 Å². The van der Waals surface area contributed by atoms with Gasteiger partial charge in [0.15, 0.2) is 5.69 Å². The minimum atomic E-state index is -0.694. The number of nitrogens with zero attached hydrogens (tertiary/aromatic N) is 2. The first-order valence-electron chi connectivity index (χ1n) is 11.2. The number of halogens is 1. The number of aromatic nitrogens is 2. The molecule has 174 valence electrons. The first-order chi connectivity index (χ1) is 15.6. The summed E-state index contributed by atoms with van der Waals surface area (Å²) in [6.45, 7) is 6.92. The average molecular weight is 468 g/mol. The number of nitrogen functional groups attached to an aromatic ring is 1. The fourth-order valence-electron chi connectivity index (χ4n) is 3.78. The van der Waals surface area contributed by atoms with E-state index in [2.05, 4.69) is 15.7 Å². The Kier molecular flexibility index (Phi) is 6.34. The Balaban J connectivity index is 1.62. The lowest BCUT2D eigenvalue weighted by atomic mass is 9.86. The molecular weight excluding hydrogens is 438 g/mol. The maximum Gasteiger partial charge on any atom is 0.273 e. The molecule has 8 heteroatoms. The first-order valence-corrected chi connectivity index (χ1v) is 11.6. The maximum atomic E-state index is 13.4. The van der Waals surface area contributed by atoms with Gasteiger partial charge in [0.05, 0.1) is 12.1 Å². The Hall–Kier alpha value is -3.06. The molecule has 0 spiro atoms. The second kappa shape index (κ2) is 9.06. The van der Waals surface area contributed by atoms with Gasteiger partial charge in [0.2, 0.25) is 5.91 Å². The molecule has 1 unspecified atom stereocenters. The van der Waals surface area contributed by atoms with Crippen molar-refractivity contribution in [3.8, 4) is 0 Å². The number of benzene rings is 2. The number of carbonyl (C=O) groups is 2. The molecule has 1 heterocycles. The van der Waals surface area contributed by atoms with Crippen molar-refractivity contribution < 1.29 is 9.59 Å². The molecular formula is C25H30ClN5O2. The molecule has 2 aromatic carbocycles. The van der Waals surface area contributed by atoms with Crippen LogP contribution in [0.2, 0.25) is 5.02 Å². The summed E-state index contributed by atoms with van der Waals surface area (Å²) in [6.07, 6.45) is 2.29. The molecule has 0 radical (unpaired) electrons. The van der Waals surface area contributed by atoms with E-state index in [-0.39, 0.29) is 11.6 Å². The van der Waals surface area contributed by atoms with Gasteiger partial charge in [-0.15, -0.1) is 0 Å². The number of nitrogens with one attached hydrogen (secondary N) is 2. The van der Waals surface area contributed by atoms with Crippen molar-refractivity contribution in [2.24, 2.45) is 11.3 Å². The van der Waals surface area contributed by atoms with Crippen LogP contribution < -0.4 is 16.4 Å². The number of hydrogen-bond acceptors (Lipinski definition) is 4. The van der Waals surface area contributed by atoms with Gasteiger partial charge in [-0.3, -0.25) is 14.3 Å². The SMILES string of the molecule is CC(C)(C)C(NC(=O)c1nn(Cc2ccc(N)cc2)c2ccc(Cl)cc12)C(=O)NCC1CC1. The van der Waals surface area contributed by atoms with E-state index in [1.54, 1.807) is 16.8 Å². The van der Waals surface area contributed by atoms with Gasteiger partial charge in [-0.2, -0.15) is 5.10 Å². The van der Waals surface area contributed by atoms with Crippen LogP contribution in [0.3, 0.4) is 0 Å². The quantitative estimate of drug-likeness (QED) is 0.457. The van der Waals surface area contributed by atoms with Gasteiger partial charge >= 0.3 is 0 Å². The third-order valence-electron chi connectivity index (χ3n) is 5.91. The van der Waals surface area contributed by atoms with Gasteiger partial charge in [0, 0.05) is 22.6 Å². The minimum Gasteiger partial charge on any atom is -0.399 e. The molecule has 1 fully saturated rings. The van der Waals surface area contributed by atoms with Crippen LogP contribution in [0.25, 0.3) is 10.9 Å². The van der Waals surface area contributed by atoms with Crippen LogP contribution in [0.15, 0.2) is 42.5 Å². The van der Waals surface area contributed by atoms with E-state index in [0.717, 1.165) is 23.9 Å². The Morgan fingerprint density at radius 1 is 1.18 bits per heavy atom. The number of fused-ring (bicyclic) bond motifs is 1. The Bertz CT molecular complexity index is 1180. The molecule has 7 nitrogen and oxygen atoms in total. The first kappa shape index (κ1) is 23.1. The topological polar surface area (TPSA) is 102 Å². The predicted molar refractivity (Wildman–Crippen MR) is 131 cm³/mol. The highest BCUT2D eigenvalue weighted by molar-refractivity contribution is 6.31. The fraction of sp³-hybridized carbons (Fsp3) is 0.400. The van der Waals surface area contributed by atoms with Crippen LogP contribution >= 0.6 is 11.6 Å². The number of anilines is 1. The normalized spacial score (nSPS) is 14.8. The summed E-state index contributed by atoms with van der Waals surface area (Å²) < 4.78 is 1.77. The van der Waals surface area contributed by atoms with E-state index < -0.39 is 17.4 Å². The van der Waals surface area contributed by atoms with Crippen molar-refractivity contribution in [2.45, 2.75) is 46.2 Å². The Morgan fingerprint density at radius 2 is 1.88 bits per heavy atom. The van der Waals surface area contributed by atoms with Crippen molar-refractivity contribution in [3.63, 3.8) is 0 Å². The van der Waals surface area contributed by atoms with Crippen molar-refractivity contribution in [3.05, 3.63) is 58.7 Å². The molecule has 4 rings (SSSR count). The molecule has 1 atom stereocenters. The van der Waals surface area contributed by atoms with E-state index >= 15 is 0 Å². The van der Waals surface area contributed by atoms with Crippen molar-refractivity contribution in [1.29, 1.82) is 0 Å². The minimum absolute atomic E-state index is 0.175. The van der Waals surface area contributed by atoms with E-state index in [9.17, 15) is 9.59 Å². The zero-order chi connectivity index (χ0) is 23.8. The molecule has 1 aromatic heterocycles. The average Bonchev–Trinajstić information content (AvgIpc) is 3.52. The molecule has 0 bridgehead atoms. The second-order valence-corrected chi connectivity index (χ2v) is 10.3. The standard InChI is InChI=1S/C25H30ClN5O2/c1-25(2,3)22(24(33)28-13-15-4-5-15)29-23(32)21-19-12-17(26)8-11-20(19)31(30-21)14-16-6-9-18(27)10-7-16/h6-12,15,22H,4-5,13-14,27H2,1-3H3,(H,28,33)(H,29,32). The molecule has 0 aliphatic heterocycles. The zero-order valence-electron chi connectivity index (χ0n) is 19.2. The van der Waals surface area contributed by atoms with Crippen LogP contribution in [0.5, 0.6) is 0 Å². The fourth-order valence-corrected chi connectivity index (χ4v) is 3.95. The number of hydrogen-bond donors (Lipinski definition) is 3. The van der Waals surface area contributed by atoms with Gasteiger partial charge in [-0.25, -0.2) is 0 Å². The van der Waals surface area contributed by atoms with E-state index in [4.69, 9.17) is 17.3 Å². The van der Waals surface area contributed by atoms with E-state index in [0.29, 0.717) is 35.1 Å². The lowest BCUT2D eigenvalue weighted by Crippen LogP contribution is -2.54. The Morgan fingerprint density at radius 3 is 2.52 bits per heavy atom. The Labute approximate surface area is 198 Å². The number of rotatable bonds is 7. The molecule has 3 aromatic rings. The largest absolute Gasteiger partial charge is 0.399 e. The zero-order valence-corrected chi connectivity index (χ0v) is 19.9. The number of amides is 2. The molecule has 33 heavy (non-hydrogen) atoms. The summed E-state index contributed by atoms with van der Waals surface area (Å²) in [5.74, 6) is -0.0217. The summed E-state index contributed by atoms with van der Waals surface area (Å²) in [6, 6.07) is 12.2. The third kappa shape index (κ3) is 5.47. The lowest BCUT2D eigenvalue weighted by molar-refractivity contribution is -0.125. The van der Waals surface area contributed by atoms with E-state index in [1.165, 1.54) is 0 Å². The van der Waals surface area contributed by atoms with Gasteiger partial charge in [-0.1, -0.05) is 44.5 Å². The van der Waals surface area contributed by atoms with Crippen LogP contribution in [-0.2, 0) is 11.3 Å². The summed E-state index contributed by atoms with van der Waals surface area (Å²) in [7, 11) is 0. The second-order valence-electron chi connectivity index (χ2n) is 9.87. The molecule has 1 aliphatic rings. The summed E-state index contributed by atoms with van der Waals surface area (Å²) in [4.78, 5) is 26.3. The molecule has 4 N–H and O–H groups in total. The number of nitrogens with two attached hydrogens (primary N) is 1. The van der Waals surface area contributed by atoms with Crippen LogP contribution in [0.1, 0.15) is 49.7 Å². The van der Waals surface area contributed by atoms with Crippen molar-refractivity contribution in [2.75, 3.05) is 12.3 Å². The number of carbonyl (C=O) groups excluding carboxylic acids is 2. The van der Waals surface area contributed by atoms with Gasteiger partial charge in [0.25, 0.3) is 5.91 Å². The third-order valence-corrected chi connectivity index (χ3v) is 6.14. The molecule has 1 saturated carbocycles.